The van der Waals surface area contributed by atoms with E-state index in [1.807, 2.05) is 48.9 Å². The molecule has 0 radical (unpaired) electrons. The van der Waals surface area contributed by atoms with Crippen molar-refractivity contribution in [2.45, 2.75) is 40.5 Å². The summed E-state index contributed by atoms with van der Waals surface area (Å²) in [4.78, 5) is 17.3. The van der Waals surface area contributed by atoms with E-state index >= 15 is 0 Å². The molecule has 4 rings (SSSR count). The van der Waals surface area contributed by atoms with Crippen molar-refractivity contribution in [3.8, 4) is 5.69 Å². The molecule has 0 fully saturated rings. The van der Waals surface area contributed by atoms with Crippen molar-refractivity contribution >= 4 is 22.6 Å². The Balaban J connectivity index is 1.59. The maximum absolute atomic E-state index is 13.7. The number of nitrogens with one attached hydrogen (secondary N) is 1. The van der Waals surface area contributed by atoms with Crippen molar-refractivity contribution in [1.82, 2.24) is 14.8 Å². The SMILES string of the molecule is Cc1ccc(NC(=O)CCc2c(C)nc3c(c(C)nn3-c3ccccc3)c2C)cc1F. The van der Waals surface area contributed by atoms with E-state index in [-0.39, 0.29) is 18.1 Å². The van der Waals surface area contributed by atoms with Crippen LogP contribution in [0.2, 0.25) is 0 Å². The third-order valence-electron chi connectivity index (χ3n) is 5.63. The lowest BCUT2D eigenvalue weighted by Crippen LogP contribution is -2.13. The number of halogens is 1. The van der Waals surface area contributed by atoms with Crippen molar-refractivity contribution < 1.29 is 9.18 Å². The van der Waals surface area contributed by atoms with Gasteiger partial charge in [0.1, 0.15) is 5.82 Å². The highest BCUT2D eigenvalue weighted by Crippen LogP contribution is 2.28. The topological polar surface area (TPSA) is 59.8 Å². The molecule has 0 saturated carbocycles. The molecule has 2 heterocycles. The number of aryl methyl sites for hydroxylation is 4. The van der Waals surface area contributed by atoms with E-state index in [1.165, 1.54) is 6.07 Å². The van der Waals surface area contributed by atoms with E-state index in [4.69, 9.17) is 10.1 Å². The van der Waals surface area contributed by atoms with Crippen molar-refractivity contribution in [3.05, 3.63) is 82.4 Å². The number of pyridine rings is 1. The van der Waals surface area contributed by atoms with Crippen LogP contribution in [0, 0.1) is 33.5 Å². The number of carbonyl (C=O) groups excluding carboxylic acids is 1. The fourth-order valence-electron chi connectivity index (χ4n) is 3.96. The van der Waals surface area contributed by atoms with Crippen LogP contribution in [0.5, 0.6) is 0 Å². The van der Waals surface area contributed by atoms with E-state index < -0.39 is 0 Å². The number of amides is 1. The molecule has 5 nitrogen and oxygen atoms in total. The largest absolute Gasteiger partial charge is 0.326 e. The smallest absolute Gasteiger partial charge is 0.224 e. The summed E-state index contributed by atoms with van der Waals surface area (Å²) < 4.78 is 15.6. The van der Waals surface area contributed by atoms with Gasteiger partial charge < -0.3 is 5.32 Å². The summed E-state index contributed by atoms with van der Waals surface area (Å²) in [5.74, 6) is -0.483. The monoisotopic (exact) mass is 416 g/mol. The Morgan fingerprint density at radius 1 is 1.03 bits per heavy atom. The zero-order valence-corrected chi connectivity index (χ0v) is 18.2. The number of fused-ring (bicyclic) bond motifs is 1. The summed E-state index contributed by atoms with van der Waals surface area (Å²) in [6.07, 6.45) is 0.840. The van der Waals surface area contributed by atoms with Crippen molar-refractivity contribution in [2.75, 3.05) is 5.32 Å². The fourth-order valence-corrected chi connectivity index (χ4v) is 3.96. The second kappa shape index (κ2) is 8.30. The molecule has 0 bridgehead atoms. The van der Waals surface area contributed by atoms with Crippen molar-refractivity contribution in [2.24, 2.45) is 0 Å². The van der Waals surface area contributed by atoms with Gasteiger partial charge in [-0.1, -0.05) is 24.3 Å². The number of rotatable bonds is 5. The second-order valence-electron chi connectivity index (χ2n) is 7.84. The Hall–Kier alpha value is -3.54. The van der Waals surface area contributed by atoms with Crippen LogP contribution in [-0.4, -0.2) is 20.7 Å². The number of anilines is 1. The average molecular weight is 417 g/mol. The number of para-hydroxylation sites is 1. The molecular weight excluding hydrogens is 391 g/mol. The summed E-state index contributed by atoms with van der Waals surface area (Å²) >= 11 is 0. The van der Waals surface area contributed by atoms with Gasteiger partial charge in [0.25, 0.3) is 0 Å². The van der Waals surface area contributed by atoms with Gasteiger partial charge in [-0.25, -0.2) is 14.1 Å². The van der Waals surface area contributed by atoms with E-state index in [2.05, 4.69) is 12.2 Å². The molecular formula is C25H25FN4O. The van der Waals surface area contributed by atoms with Gasteiger partial charge in [-0.3, -0.25) is 4.79 Å². The van der Waals surface area contributed by atoms with Gasteiger partial charge in [0.15, 0.2) is 5.65 Å². The van der Waals surface area contributed by atoms with Crippen LogP contribution in [0.25, 0.3) is 16.7 Å². The molecule has 158 valence electrons. The minimum Gasteiger partial charge on any atom is -0.326 e. The molecule has 31 heavy (non-hydrogen) atoms. The van der Waals surface area contributed by atoms with Crippen LogP contribution < -0.4 is 5.32 Å². The zero-order valence-electron chi connectivity index (χ0n) is 18.2. The van der Waals surface area contributed by atoms with Gasteiger partial charge in [-0.2, -0.15) is 5.10 Å². The number of hydrogen-bond acceptors (Lipinski definition) is 3. The van der Waals surface area contributed by atoms with Gasteiger partial charge in [-0.05, 0) is 75.1 Å². The first kappa shape index (κ1) is 20.7. The summed E-state index contributed by atoms with van der Waals surface area (Å²) in [5.41, 5.74) is 6.74. The Morgan fingerprint density at radius 2 is 1.77 bits per heavy atom. The average Bonchev–Trinajstić information content (AvgIpc) is 3.07. The number of carbonyl (C=O) groups is 1. The normalized spacial score (nSPS) is 11.1. The first-order chi connectivity index (χ1) is 14.8. The molecule has 2 aromatic heterocycles. The molecule has 1 amide bonds. The molecule has 0 spiro atoms. The van der Waals surface area contributed by atoms with Gasteiger partial charge in [0.05, 0.1) is 11.4 Å². The van der Waals surface area contributed by atoms with Gasteiger partial charge >= 0.3 is 0 Å². The fraction of sp³-hybridized carbons (Fsp3) is 0.240. The van der Waals surface area contributed by atoms with Crippen LogP contribution in [0.15, 0.2) is 48.5 Å². The first-order valence-corrected chi connectivity index (χ1v) is 10.3. The highest BCUT2D eigenvalue weighted by Gasteiger charge is 2.18. The van der Waals surface area contributed by atoms with Gasteiger partial charge in [-0.15, -0.1) is 0 Å². The number of aromatic nitrogens is 3. The molecule has 2 aromatic carbocycles. The number of nitrogens with zero attached hydrogens (tertiary/aromatic N) is 3. The van der Waals surface area contributed by atoms with E-state index in [0.29, 0.717) is 17.7 Å². The quantitative estimate of drug-likeness (QED) is 0.476. The summed E-state index contributed by atoms with van der Waals surface area (Å²) in [7, 11) is 0. The number of benzene rings is 2. The Labute approximate surface area is 180 Å². The third-order valence-corrected chi connectivity index (χ3v) is 5.63. The molecule has 0 saturated heterocycles. The molecule has 1 N–H and O–H groups in total. The Morgan fingerprint density at radius 3 is 2.48 bits per heavy atom. The molecule has 6 heteroatoms. The van der Waals surface area contributed by atoms with Crippen LogP contribution >= 0.6 is 0 Å². The maximum Gasteiger partial charge on any atom is 0.224 e. The minimum absolute atomic E-state index is 0.154. The van der Waals surface area contributed by atoms with Crippen LogP contribution in [-0.2, 0) is 11.2 Å². The lowest BCUT2D eigenvalue weighted by atomic mass is 9.99. The van der Waals surface area contributed by atoms with Gasteiger partial charge in [0.2, 0.25) is 5.91 Å². The molecule has 0 aliphatic heterocycles. The summed E-state index contributed by atoms with van der Waals surface area (Å²) in [5, 5.41) is 8.51. The highest BCUT2D eigenvalue weighted by atomic mass is 19.1. The van der Waals surface area contributed by atoms with Crippen LogP contribution in [0.3, 0.4) is 0 Å². The maximum atomic E-state index is 13.7. The highest BCUT2D eigenvalue weighted by molar-refractivity contribution is 5.91. The lowest BCUT2D eigenvalue weighted by Gasteiger charge is -2.12. The first-order valence-electron chi connectivity index (χ1n) is 10.3. The zero-order chi connectivity index (χ0) is 22.1. The van der Waals surface area contributed by atoms with E-state index in [9.17, 15) is 9.18 Å². The molecule has 4 aromatic rings. The number of hydrogen-bond donors (Lipinski definition) is 1. The second-order valence-corrected chi connectivity index (χ2v) is 7.84. The Bertz CT molecular complexity index is 1280. The van der Waals surface area contributed by atoms with Crippen LogP contribution in [0.4, 0.5) is 10.1 Å². The summed E-state index contributed by atoms with van der Waals surface area (Å²) in [6.45, 7) is 7.70. The Kier molecular flexibility index (Phi) is 5.55. The molecule has 0 atom stereocenters. The van der Waals surface area contributed by atoms with Crippen molar-refractivity contribution in [1.29, 1.82) is 0 Å². The predicted octanol–water partition coefficient (Wildman–Crippen LogP) is 5.36. The lowest BCUT2D eigenvalue weighted by molar-refractivity contribution is -0.116. The van der Waals surface area contributed by atoms with E-state index in [0.717, 1.165) is 39.2 Å². The minimum atomic E-state index is -0.329. The third kappa shape index (κ3) is 4.06. The van der Waals surface area contributed by atoms with Crippen LogP contribution in [0.1, 0.15) is 34.5 Å². The predicted molar refractivity (Wildman–Crippen MR) is 121 cm³/mol. The molecule has 0 aliphatic rings. The van der Waals surface area contributed by atoms with Crippen molar-refractivity contribution in [3.63, 3.8) is 0 Å². The van der Waals surface area contributed by atoms with E-state index in [1.54, 1.807) is 19.1 Å². The molecule has 0 unspecified atom stereocenters. The standard InChI is InChI=1S/C25H25FN4O/c1-15-10-11-19(14-22(15)26)28-23(31)13-12-21-16(2)24-18(4)29-30(25(24)27-17(21)3)20-8-6-5-7-9-20/h5-11,14H,12-13H2,1-4H3,(H,28,31). The summed E-state index contributed by atoms with van der Waals surface area (Å²) in [6, 6.07) is 14.6. The van der Waals surface area contributed by atoms with Gasteiger partial charge in [0, 0.05) is 23.2 Å². The molecule has 0 aliphatic carbocycles.